The minimum absolute atomic E-state index is 0.124. The van der Waals surface area contributed by atoms with E-state index < -0.39 is 10.0 Å². The molecule has 1 rings (SSSR count). The summed E-state index contributed by atoms with van der Waals surface area (Å²) in [6, 6.07) is 6.66. The van der Waals surface area contributed by atoms with Crippen LogP contribution in [0.25, 0.3) is 0 Å². The Morgan fingerprint density at radius 3 is 2.68 bits per heavy atom. The molecule has 0 unspecified atom stereocenters. The minimum Gasteiger partial charge on any atom is -0.409 e. The molecule has 0 saturated carbocycles. The molecule has 0 atom stereocenters. The molecule has 0 aliphatic carbocycles. The lowest BCUT2D eigenvalue weighted by atomic mass is 10.2. The van der Waals surface area contributed by atoms with Gasteiger partial charge in [0.05, 0.1) is 11.4 Å². The SMILES string of the molecule is CCCN(CC(N)=NO)S(=O)(=O)c1cccc(C)c1. The lowest BCUT2D eigenvalue weighted by molar-refractivity contribution is 0.314. The molecule has 3 N–H and O–H groups in total. The molecule has 0 aromatic heterocycles. The van der Waals surface area contributed by atoms with Crippen LogP contribution in [0.15, 0.2) is 34.3 Å². The summed E-state index contributed by atoms with van der Waals surface area (Å²) in [6.45, 7) is 3.88. The first-order valence-electron chi connectivity index (χ1n) is 5.95. The number of rotatable bonds is 6. The van der Waals surface area contributed by atoms with Crippen LogP contribution in [0.4, 0.5) is 0 Å². The van der Waals surface area contributed by atoms with Crippen molar-refractivity contribution >= 4 is 15.9 Å². The Labute approximate surface area is 113 Å². The first kappa shape index (κ1) is 15.5. The number of amidine groups is 1. The summed E-state index contributed by atoms with van der Waals surface area (Å²) in [5.74, 6) is -0.135. The number of hydrogen-bond donors (Lipinski definition) is 2. The van der Waals surface area contributed by atoms with Crippen LogP contribution in [0.1, 0.15) is 18.9 Å². The monoisotopic (exact) mass is 285 g/mol. The van der Waals surface area contributed by atoms with E-state index in [1.54, 1.807) is 12.1 Å². The standard InChI is InChI=1S/C12H19N3O3S/c1-3-7-15(9-12(13)14-16)19(17,18)11-6-4-5-10(2)8-11/h4-6,8,16H,3,7,9H2,1-2H3,(H2,13,14). The third-order valence-electron chi connectivity index (χ3n) is 2.57. The molecule has 0 bridgehead atoms. The fraction of sp³-hybridized carbons (Fsp3) is 0.417. The average molecular weight is 285 g/mol. The summed E-state index contributed by atoms with van der Waals surface area (Å²) in [4.78, 5) is 0.215. The van der Waals surface area contributed by atoms with Gasteiger partial charge in [-0.05, 0) is 31.0 Å². The molecule has 0 saturated heterocycles. The van der Waals surface area contributed by atoms with Gasteiger partial charge < -0.3 is 10.9 Å². The van der Waals surface area contributed by atoms with Crippen LogP contribution in [0.2, 0.25) is 0 Å². The van der Waals surface area contributed by atoms with E-state index in [1.165, 1.54) is 10.4 Å². The summed E-state index contributed by atoms with van der Waals surface area (Å²) >= 11 is 0. The van der Waals surface area contributed by atoms with Gasteiger partial charge in [-0.25, -0.2) is 8.42 Å². The molecular weight excluding hydrogens is 266 g/mol. The van der Waals surface area contributed by atoms with E-state index in [0.717, 1.165) is 5.56 Å². The van der Waals surface area contributed by atoms with Crippen LogP contribution >= 0.6 is 0 Å². The van der Waals surface area contributed by atoms with Gasteiger partial charge in [0.15, 0.2) is 5.84 Å². The highest BCUT2D eigenvalue weighted by molar-refractivity contribution is 7.89. The van der Waals surface area contributed by atoms with Gasteiger partial charge in [-0.1, -0.05) is 24.2 Å². The van der Waals surface area contributed by atoms with Crippen molar-refractivity contribution in [2.24, 2.45) is 10.9 Å². The molecule has 1 aromatic carbocycles. The van der Waals surface area contributed by atoms with E-state index >= 15 is 0 Å². The Balaban J connectivity index is 3.12. The number of aryl methyl sites for hydroxylation is 1. The summed E-state index contributed by atoms with van der Waals surface area (Å²) < 4.78 is 26.1. The predicted molar refractivity (Wildman–Crippen MR) is 73.6 cm³/mol. The average Bonchev–Trinajstić information content (AvgIpc) is 2.38. The topological polar surface area (TPSA) is 96.0 Å². The Hall–Kier alpha value is -1.60. The van der Waals surface area contributed by atoms with Crippen LogP contribution in [-0.4, -0.2) is 36.9 Å². The van der Waals surface area contributed by atoms with Gasteiger partial charge >= 0.3 is 0 Å². The molecule has 0 aliphatic rings. The first-order chi connectivity index (χ1) is 8.91. The Morgan fingerprint density at radius 1 is 1.47 bits per heavy atom. The number of nitrogens with two attached hydrogens (primary N) is 1. The van der Waals surface area contributed by atoms with E-state index in [2.05, 4.69) is 5.16 Å². The van der Waals surface area contributed by atoms with Crippen LogP contribution in [0.5, 0.6) is 0 Å². The quantitative estimate of drug-likeness (QED) is 0.354. The second-order valence-electron chi connectivity index (χ2n) is 4.25. The van der Waals surface area contributed by atoms with Crippen LogP contribution in [0.3, 0.4) is 0 Å². The normalized spacial score (nSPS) is 12.9. The van der Waals surface area contributed by atoms with Crippen LogP contribution in [0, 0.1) is 6.92 Å². The lowest BCUT2D eigenvalue weighted by Crippen LogP contribution is -2.39. The Morgan fingerprint density at radius 2 is 2.16 bits per heavy atom. The van der Waals surface area contributed by atoms with E-state index in [-0.39, 0.29) is 17.3 Å². The van der Waals surface area contributed by atoms with Gasteiger partial charge in [-0.15, -0.1) is 0 Å². The van der Waals surface area contributed by atoms with E-state index in [4.69, 9.17) is 10.9 Å². The second kappa shape index (κ2) is 6.53. The van der Waals surface area contributed by atoms with Gasteiger partial charge in [0, 0.05) is 6.54 Å². The van der Waals surface area contributed by atoms with Crippen molar-refractivity contribution in [2.45, 2.75) is 25.2 Å². The molecule has 0 spiro atoms. The van der Waals surface area contributed by atoms with Crippen LogP contribution in [-0.2, 0) is 10.0 Å². The summed E-state index contributed by atoms with van der Waals surface area (Å²) in [7, 11) is -3.63. The molecule has 1 aromatic rings. The molecule has 0 amide bonds. The van der Waals surface area contributed by atoms with Gasteiger partial charge in [0.25, 0.3) is 0 Å². The van der Waals surface area contributed by atoms with E-state index in [0.29, 0.717) is 13.0 Å². The van der Waals surface area contributed by atoms with Crippen molar-refractivity contribution < 1.29 is 13.6 Å². The van der Waals surface area contributed by atoms with Gasteiger partial charge in [-0.3, -0.25) is 0 Å². The zero-order valence-corrected chi connectivity index (χ0v) is 11.9. The molecule has 19 heavy (non-hydrogen) atoms. The number of sulfonamides is 1. The molecule has 7 heteroatoms. The number of hydrogen-bond acceptors (Lipinski definition) is 4. The fourth-order valence-electron chi connectivity index (χ4n) is 1.67. The molecule has 0 fully saturated rings. The molecule has 0 radical (unpaired) electrons. The van der Waals surface area contributed by atoms with Crippen molar-refractivity contribution in [3.05, 3.63) is 29.8 Å². The lowest BCUT2D eigenvalue weighted by Gasteiger charge is -2.21. The number of nitrogens with zero attached hydrogens (tertiary/aromatic N) is 2. The van der Waals surface area contributed by atoms with Gasteiger partial charge in [0.1, 0.15) is 0 Å². The van der Waals surface area contributed by atoms with Crippen molar-refractivity contribution in [1.82, 2.24) is 4.31 Å². The van der Waals surface area contributed by atoms with Crippen LogP contribution < -0.4 is 5.73 Å². The second-order valence-corrected chi connectivity index (χ2v) is 6.18. The first-order valence-corrected chi connectivity index (χ1v) is 7.39. The van der Waals surface area contributed by atoms with Gasteiger partial charge in [-0.2, -0.15) is 4.31 Å². The maximum Gasteiger partial charge on any atom is 0.243 e. The highest BCUT2D eigenvalue weighted by atomic mass is 32.2. The fourth-order valence-corrected chi connectivity index (χ4v) is 3.28. The largest absolute Gasteiger partial charge is 0.409 e. The zero-order chi connectivity index (χ0) is 14.5. The van der Waals surface area contributed by atoms with E-state index in [9.17, 15) is 8.42 Å². The third-order valence-corrected chi connectivity index (χ3v) is 4.41. The van der Waals surface area contributed by atoms with Crippen molar-refractivity contribution in [1.29, 1.82) is 0 Å². The minimum atomic E-state index is -3.63. The Kier molecular flexibility index (Phi) is 5.31. The maximum absolute atomic E-state index is 12.5. The Bertz CT molecular complexity index is 555. The van der Waals surface area contributed by atoms with Crippen molar-refractivity contribution in [2.75, 3.05) is 13.1 Å². The summed E-state index contributed by atoms with van der Waals surface area (Å²) in [5, 5.41) is 11.4. The maximum atomic E-state index is 12.5. The molecule has 0 heterocycles. The summed E-state index contributed by atoms with van der Waals surface area (Å²) in [5.41, 5.74) is 6.27. The predicted octanol–water partition coefficient (Wildman–Crippen LogP) is 1.14. The zero-order valence-electron chi connectivity index (χ0n) is 11.1. The highest BCUT2D eigenvalue weighted by Crippen LogP contribution is 2.17. The highest BCUT2D eigenvalue weighted by Gasteiger charge is 2.24. The van der Waals surface area contributed by atoms with Crippen molar-refractivity contribution in [3.63, 3.8) is 0 Å². The van der Waals surface area contributed by atoms with E-state index in [1.807, 2.05) is 19.9 Å². The molecule has 6 nitrogen and oxygen atoms in total. The van der Waals surface area contributed by atoms with Gasteiger partial charge in [0.2, 0.25) is 10.0 Å². The van der Waals surface area contributed by atoms with Crippen molar-refractivity contribution in [3.8, 4) is 0 Å². The molecule has 106 valence electrons. The summed E-state index contributed by atoms with van der Waals surface area (Å²) in [6.07, 6.45) is 0.643. The molecular formula is C12H19N3O3S. The smallest absolute Gasteiger partial charge is 0.243 e. The number of benzene rings is 1. The third kappa shape index (κ3) is 3.93. The number of oxime groups is 1. The molecule has 0 aliphatic heterocycles.